The number of hydrogen-bond acceptors (Lipinski definition) is 6. The predicted octanol–water partition coefficient (Wildman–Crippen LogP) is 0.121. The summed E-state index contributed by atoms with van der Waals surface area (Å²) in [7, 11) is 0. The van der Waals surface area contributed by atoms with E-state index in [-0.39, 0.29) is 34.8 Å². The number of nitrogens with one attached hydrogen (secondary N) is 1. The SMILES string of the molecule is Cc1cc(C(=O)NCC2CCN2C(=O)c2cc(C(N)=O)ccn2)no1. The van der Waals surface area contributed by atoms with E-state index >= 15 is 0 Å². The molecule has 1 saturated heterocycles. The Kier molecular flexibility index (Phi) is 4.46. The maximum Gasteiger partial charge on any atom is 0.273 e. The van der Waals surface area contributed by atoms with Crippen LogP contribution in [0.5, 0.6) is 0 Å². The van der Waals surface area contributed by atoms with E-state index in [2.05, 4.69) is 15.5 Å². The molecule has 0 saturated carbocycles. The number of pyridine rings is 1. The minimum atomic E-state index is -0.619. The molecule has 2 aromatic rings. The zero-order valence-electron chi connectivity index (χ0n) is 13.6. The summed E-state index contributed by atoms with van der Waals surface area (Å²) in [4.78, 5) is 41.3. The monoisotopic (exact) mass is 343 g/mol. The van der Waals surface area contributed by atoms with Crippen LogP contribution >= 0.6 is 0 Å². The van der Waals surface area contributed by atoms with Crippen LogP contribution in [0, 0.1) is 6.92 Å². The number of likely N-dealkylation sites (tertiary alicyclic amines) is 1. The number of aryl methyl sites for hydroxylation is 1. The van der Waals surface area contributed by atoms with E-state index in [1.807, 2.05) is 0 Å². The maximum atomic E-state index is 12.5. The molecule has 0 radical (unpaired) electrons. The third-order valence-electron chi connectivity index (χ3n) is 4.03. The zero-order valence-corrected chi connectivity index (χ0v) is 13.6. The Morgan fingerprint density at radius 2 is 2.16 bits per heavy atom. The molecule has 130 valence electrons. The van der Waals surface area contributed by atoms with Crippen molar-refractivity contribution in [3.8, 4) is 0 Å². The Hall–Kier alpha value is -3.23. The van der Waals surface area contributed by atoms with Crippen molar-refractivity contribution >= 4 is 17.7 Å². The molecule has 1 aliphatic rings. The Bertz CT molecular complexity index is 831. The minimum Gasteiger partial charge on any atom is -0.366 e. The number of carbonyl (C=O) groups is 3. The van der Waals surface area contributed by atoms with E-state index in [1.165, 1.54) is 24.4 Å². The minimum absolute atomic E-state index is 0.136. The smallest absolute Gasteiger partial charge is 0.273 e. The lowest BCUT2D eigenvalue weighted by Crippen LogP contribution is -2.56. The van der Waals surface area contributed by atoms with Gasteiger partial charge in [0.2, 0.25) is 5.91 Å². The molecule has 2 aromatic heterocycles. The van der Waals surface area contributed by atoms with Crippen molar-refractivity contribution < 1.29 is 18.9 Å². The van der Waals surface area contributed by atoms with Gasteiger partial charge in [0, 0.05) is 30.9 Å². The summed E-state index contributed by atoms with van der Waals surface area (Å²) in [5, 5.41) is 6.37. The molecular formula is C16H17N5O4. The number of carbonyl (C=O) groups excluding carboxylic acids is 3. The van der Waals surface area contributed by atoms with Crippen molar-refractivity contribution in [1.82, 2.24) is 20.4 Å². The van der Waals surface area contributed by atoms with E-state index in [9.17, 15) is 14.4 Å². The highest BCUT2D eigenvalue weighted by Crippen LogP contribution is 2.20. The van der Waals surface area contributed by atoms with Crippen molar-refractivity contribution in [1.29, 1.82) is 0 Å². The first-order valence-corrected chi connectivity index (χ1v) is 7.74. The summed E-state index contributed by atoms with van der Waals surface area (Å²) >= 11 is 0. The summed E-state index contributed by atoms with van der Waals surface area (Å²) in [6.45, 7) is 2.56. The normalized spacial score (nSPS) is 16.2. The molecule has 3 amide bonds. The second-order valence-electron chi connectivity index (χ2n) is 5.77. The van der Waals surface area contributed by atoms with Crippen molar-refractivity contribution in [2.45, 2.75) is 19.4 Å². The molecule has 0 aromatic carbocycles. The second kappa shape index (κ2) is 6.71. The fraction of sp³-hybridized carbons (Fsp3) is 0.312. The first-order valence-electron chi connectivity index (χ1n) is 7.74. The molecule has 1 fully saturated rings. The first kappa shape index (κ1) is 16.6. The summed E-state index contributed by atoms with van der Waals surface area (Å²) < 4.78 is 4.86. The lowest BCUT2D eigenvalue weighted by Gasteiger charge is -2.40. The van der Waals surface area contributed by atoms with E-state index in [1.54, 1.807) is 11.8 Å². The van der Waals surface area contributed by atoms with Gasteiger partial charge >= 0.3 is 0 Å². The Morgan fingerprint density at radius 3 is 2.76 bits per heavy atom. The summed E-state index contributed by atoms with van der Waals surface area (Å²) in [5.74, 6) is -0.728. The number of rotatable bonds is 5. The van der Waals surface area contributed by atoms with Gasteiger partial charge in [-0.1, -0.05) is 5.16 Å². The molecule has 0 aliphatic carbocycles. The highest BCUT2D eigenvalue weighted by molar-refractivity contribution is 5.98. The maximum absolute atomic E-state index is 12.5. The van der Waals surface area contributed by atoms with Gasteiger partial charge in [-0.05, 0) is 25.5 Å². The molecule has 3 rings (SSSR count). The molecule has 0 spiro atoms. The van der Waals surface area contributed by atoms with Crippen LogP contribution in [0.3, 0.4) is 0 Å². The van der Waals surface area contributed by atoms with Gasteiger partial charge in [0.1, 0.15) is 11.5 Å². The van der Waals surface area contributed by atoms with Crippen LogP contribution in [0.4, 0.5) is 0 Å². The average Bonchev–Trinajstić information content (AvgIpc) is 3.00. The molecule has 3 N–H and O–H groups in total. The van der Waals surface area contributed by atoms with Gasteiger partial charge in [0.15, 0.2) is 5.69 Å². The molecule has 0 bridgehead atoms. The van der Waals surface area contributed by atoms with Gasteiger partial charge in [0.25, 0.3) is 11.8 Å². The van der Waals surface area contributed by atoms with E-state index in [0.717, 1.165) is 6.42 Å². The number of nitrogens with two attached hydrogens (primary N) is 1. The van der Waals surface area contributed by atoms with E-state index < -0.39 is 5.91 Å². The zero-order chi connectivity index (χ0) is 18.0. The van der Waals surface area contributed by atoms with Crippen LogP contribution in [0.1, 0.15) is 43.5 Å². The largest absolute Gasteiger partial charge is 0.366 e. The van der Waals surface area contributed by atoms with Gasteiger partial charge in [-0.3, -0.25) is 19.4 Å². The lowest BCUT2D eigenvalue weighted by molar-refractivity contribution is 0.0449. The molecule has 25 heavy (non-hydrogen) atoms. The van der Waals surface area contributed by atoms with Gasteiger partial charge < -0.3 is 20.5 Å². The van der Waals surface area contributed by atoms with Crippen LogP contribution in [-0.2, 0) is 0 Å². The standard InChI is InChI=1S/C16H17N5O4/c1-9-6-12(20-25-9)15(23)19-8-11-3-5-21(11)16(24)13-7-10(14(17)22)2-4-18-13/h2,4,6-7,11H,3,5,8H2,1H3,(H2,17,22)(H,19,23). The molecule has 1 atom stereocenters. The Labute approximate surface area is 143 Å². The number of amides is 3. The third kappa shape index (κ3) is 3.49. The molecule has 1 unspecified atom stereocenters. The Balaban J connectivity index is 1.60. The molecule has 3 heterocycles. The number of hydrogen-bond donors (Lipinski definition) is 2. The van der Waals surface area contributed by atoms with Crippen LogP contribution in [0.15, 0.2) is 28.9 Å². The third-order valence-corrected chi connectivity index (χ3v) is 4.03. The van der Waals surface area contributed by atoms with Crippen LogP contribution in [0.25, 0.3) is 0 Å². The van der Waals surface area contributed by atoms with Crippen molar-refractivity contribution in [3.05, 3.63) is 47.1 Å². The molecule has 1 aliphatic heterocycles. The van der Waals surface area contributed by atoms with E-state index in [0.29, 0.717) is 18.8 Å². The molecule has 9 heteroatoms. The molecule has 9 nitrogen and oxygen atoms in total. The number of primary amides is 1. The van der Waals surface area contributed by atoms with Gasteiger partial charge in [-0.25, -0.2) is 0 Å². The fourth-order valence-electron chi connectivity index (χ4n) is 2.54. The van der Waals surface area contributed by atoms with Crippen LogP contribution < -0.4 is 11.1 Å². The average molecular weight is 343 g/mol. The fourth-order valence-corrected chi connectivity index (χ4v) is 2.54. The van der Waals surface area contributed by atoms with Crippen LogP contribution in [-0.4, -0.2) is 51.9 Å². The van der Waals surface area contributed by atoms with Crippen molar-refractivity contribution in [3.63, 3.8) is 0 Å². The van der Waals surface area contributed by atoms with Crippen molar-refractivity contribution in [2.24, 2.45) is 5.73 Å². The summed E-state index contributed by atoms with van der Waals surface area (Å²) in [6.07, 6.45) is 2.14. The summed E-state index contributed by atoms with van der Waals surface area (Å²) in [5.41, 5.74) is 5.80. The first-order chi connectivity index (χ1) is 12.0. The highest BCUT2D eigenvalue weighted by atomic mass is 16.5. The Morgan fingerprint density at radius 1 is 1.36 bits per heavy atom. The number of aromatic nitrogens is 2. The highest BCUT2D eigenvalue weighted by Gasteiger charge is 2.33. The van der Waals surface area contributed by atoms with Crippen LogP contribution in [0.2, 0.25) is 0 Å². The van der Waals surface area contributed by atoms with E-state index in [4.69, 9.17) is 10.3 Å². The van der Waals surface area contributed by atoms with Gasteiger partial charge in [-0.2, -0.15) is 0 Å². The van der Waals surface area contributed by atoms with Gasteiger partial charge in [-0.15, -0.1) is 0 Å². The predicted molar refractivity (Wildman–Crippen MR) is 85.8 cm³/mol. The topological polar surface area (TPSA) is 131 Å². The lowest BCUT2D eigenvalue weighted by atomic mass is 10.0. The van der Waals surface area contributed by atoms with Gasteiger partial charge in [0.05, 0.1) is 6.04 Å². The molecular weight excluding hydrogens is 326 g/mol. The second-order valence-corrected chi connectivity index (χ2v) is 5.77. The number of nitrogens with zero attached hydrogens (tertiary/aromatic N) is 3. The van der Waals surface area contributed by atoms with Crippen molar-refractivity contribution in [2.75, 3.05) is 13.1 Å². The summed E-state index contributed by atoms with van der Waals surface area (Å²) in [6, 6.07) is 4.23. The quantitative estimate of drug-likeness (QED) is 0.793.